The van der Waals surface area contributed by atoms with E-state index in [0.717, 1.165) is 23.7 Å². The van der Waals surface area contributed by atoms with Crippen molar-refractivity contribution in [1.29, 1.82) is 0 Å². The van der Waals surface area contributed by atoms with Gasteiger partial charge in [-0.2, -0.15) is 0 Å². The largest absolute Gasteiger partial charge is 0.365 e. The molecule has 1 nitrogen and oxygen atoms in total. The van der Waals surface area contributed by atoms with Gasteiger partial charge in [-0.25, -0.2) is 0 Å². The number of benzene rings is 1. The van der Waals surface area contributed by atoms with E-state index < -0.39 is 0 Å². The number of anilines is 1. The van der Waals surface area contributed by atoms with Crippen LogP contribution in [0.2, 0.25) is 0 Å². The molecule has 4 fully saturated rings. The van der Waals surface area contributed by atoms with Gasteiger partial charge in [0.2, 0.25) is 0 Å². The first-order valence-electron chi connectivity index (χ1n) is 12.1. The smallest absolute Gasteiger partial charge is 0.0441 e. The normalized spacial score (nSPS) is 38.4. The van der Waals surface area contributed by atoms with Crippen LogP contribution in [0.4, 0.5) is 5.69 Å². The Balaban J connectivity index is 1.56. The van der Waals surface area contributed by atoms with E-state index in [2.05, 4.69) is 64.6 Å². The highest BCUT2D eigenvalue weighted by molar-refractivity contribution is 5.64. The molecule has 1 heteroatoms. The van der Waals surface area contributed by atoms with Crippen LogP contribution in [0, 0.1) is 29.1 Å². The van der Waals surface area contributed by atoms with Gasteiger partial charge in [0, 0.05) is 17.8 Å². The number of hydrogen-bond donors (Lipinski definition) is 0. The molecule has 1 aromatic carbocycles. The van der Waals surface area contributed by atoms with Gasteiger partial charge >= 0.3 is 0 Å². The van der Waals surface area contributed by atoms with Crippen molar-refractivity contribution in [3.8, 4) is 0 Å². The SMILES string of the molecule is CC(C)c1cccc(C(C)C)c1N1CC2(CC3CC2C2CCCC32)CC1(C)C. The minimum atomic E-state index is 0.271. The lowest BCUT2D eigenvalue weighted by Gasteiger charge is -2.41. The van der Waals surface area contributed by atoms with E-state index in [4.69, 9.17) is 0 Å². The third-order valence-electron chi connectivity index (χ3n) is 9.36. The summed E-state index contributed by atoms with van der Waals surface area (Å²) >= 11 is 0. The molecular weight excluding hydrogens is 338 g/mol. The third kappa shape index (κ3) is 2.56. The predicted molar refractivity (Wildman–Crippen MR) is 120 cm³/mol. The van der Waals surface area contributed by atoms with Gasteiger partial charge in [-0.05, 0) is 98.0 Å². The van der Waals surface area contributed by atoms with Crippen molar-refractivity contribution in [3.05, 3.63) is 29.3 Å². The molecule has 28 heavy (non-hydrogen) atoms. The van der Waals surface area contributed by atoms with Crippen LogP contribution in [-0.4, -0.2) is 12.1 Å². The Morgan fingerprint density at radius 1 is 0.964 bits per heavy atom. The molecule has 4 aliphatic rings. The third-order valence-corrected chi connectivity index (χ3v) is 9.36. The van der Waals surface area contributed by atoms with Gasteiger partial charge in [0.15, 0.2) is 0 Å². The van der Waals surface area contributed by atoms with Crippen LogP contribution in [0.25, 0.3) is 0 Å². The maximum absolute atomic E-state index is 2.89. The molecule has 1 aliphatic heterocycles. The summed E-state index contributed by atoms with van der Waals surface area (Å²) in [6, 6.07) is 7.11. The maximum Gasteiger partial charge on any atom is 0.0441 e. The minimum Gasteiger partial charge on any atom is -0.365 e. The van der Waals surface area contributed by atoms with Gasteiger partial charge in [-0.1, -0.05) is 52.3 Å². The lowest BCUT2D eigenvalue weighted by atomic mass is 9.64. The summed E-state index contributed by atoms with van der Waals surface area (Å²) in [5.41, 5.74) is 5.60. The number of rotatable bonds is 3. The first kappa shape index (κ1) is 19.0. The first-order chi connectivity index (χ1) is 13.2. The van der Waals surface area contributed by atoms with Gasteiger partial charge in [0.1, 0.15) is 0 Å². The molecule has 3 saturated carbocycles. The summed E-state index contributed by atoms with van der Waals surface area (Å²) in [7, 11) is 0. The number of para-hydroxylation sites is 1. The van der Waals surface area contributed by atoms with E-state index in [1.807, 2.05) is 0 Å². The monoisotopic (exact) mass is 379 g/mol. The molecule has 0 aromatic heterocycles. The van der Waals surface area contributed by atoms with E-state index in [0.29, 0.717) is 17.3 Å². The summed E-state index contributed by atoms with van der Waals surface area (Å²) in [6.45, 7) is 15.9. The fourth-order valence-electron chi connectivity index (χ4n) is 8.52. The highest BCUT2D eigenvalue weighted by Crippen LogP contribution is 2.70. The Morgan fingerprint density at radius 3 is 2.25 bits per heavy atom. The van der Waals surface area contributed by atoms with Crippen LogP contribution in [0.1, 0.15) is 103 Å². The quantitative estimate of drug-likeness (QED) is 0.530. The van der Waals surface area contributed by atoms with Crippen LogP contribution in [-0.2, 0) is 0 Å². The van der Waals surface area contributed by atoms with Crippen molar-refractivity contribution in [3.63, 3.8) is 0 Å². The summed E-state index contributed by atoms with van der Waals surface area (Å²) < 4.78 is 0. The second-order valence-corrected chi connectivity index (χ2v) is 12.1. The average molecular weight is 380 g/mol. The van der Waals surface area contributed by atoms with E-state index >= 15 is 0 Å². The van der Waals surface area contributed by atoms with Crippen LogP contribution < -0.4 is 4.90 Å². The molecule has 1 heterocycles. The van der Waals surface area contributed by atoms with Gasteiger partial charge in [-0.15, -0.1) is 0 Å². The Morgan fingerprint density at radius 2 is 1.61 bits per heavy atom. The van der Waals surface area contributed by atoms with Crippen LogP contribution in [0.3, 0.4) is 0 Å². The van der Waals surface area contributed by atoms with Crippen molar-refractivity contribution in [2.24, 2.45) is 29.1 Å². The Hall–Kier alpha value is -0.980. The second kappa shape index (κ2) is 6.26. The van der Waals surface area contributed by atoms with Crippen molar-refractivity contribution in [1.82, 2.24) is 0 Å². The molecule has 0 amide bonds. The van der Waals surface area contributed by atoms with E-state index in [-0.39, 0.29) is 5.54 Å². The van der Waals surface area contributed by atoms with Gasteiger partial charge < -0.3 is 4.90 Å². The zero-order chi connectivity index (χ0) is 19.8. The molecule has 2 bridgehead atoms. The molecule has 3 aliphatic carbocycles. The van der Waals surface area contributed by atoms with Gasteiger partial charge in [-0.3, -0.25) is 0 Å². The van der Waals surface area contributed by atoms with E-state index in [1.54, 1.807) is 29.7 Å². The van der Waals surface area contributed by atoms with Crippen LogP contribution >= 0.6 is 0 Å². The fraction of sp³-hybridized carbons (Fsp3) is 0.778. The standard InChI is InChI=1S/C27H41N/c1-17(2)20-9-7-10-21(18(3)4)25(20)28-16-27(15-26(28,5)6)14-19-13-24(27)23-12-8-11-22(19)23/h7,9-10,17-19,22-24H,8,11-16H2,1-6H3. The van der Waals surface area contributed by atoms with Crippen molar-refractivity contribution in [2.75, 3.05) is 11.4 Å². The van der Waals surface area contributed by atoms with E-state index in [1.165, 1.54) is 32.2 Å². The summed E-state index contributed by atoms with van der Waals surface area (Å²) in [6.07, 6.45) is 9.09. The second-order valence-electron chi connectivity index (χ2n) is 12.1. The highest BCUT2D eigenvalue weighted by atomic mass is 15.2. The molecule has 0 N–H and O–H groups in total. The molecule has 154 valence electrons. The molecule has 5 atom stereocenters. The molecule has 5 unspecified atom stereocenters. The van der Waals surface area contributed by atoms with Gasteiger partial charge in [0.05, 0.1) is 0 Å². The molecular formula is C27H41N. The highest BCUT2D eigenvalue weighted by Gasteiger charge is 2.65. The Labute approximate surface area is 173 Å². The lowest BCUT2D eigenvalue weighted by Crippen LogP contribution is -2.40. The predicted octanol–water partition coefficient (Wildman–Crippen LogP) is 7.36. The lowest BCUT2D eigenvalue weighted by molar-refractivity contribution is 0.0949. The summed E-state index contributed by atoms with van der Waals surface area (Å²) in [5.74, 6) is 5.41. The molecule has 5 rings (SSSR count). The summed E-state index contributed by atoms with van der Waals surface area (Å²) in [4.78, 5) is 2.89. The Kier molecular flexibility index (Phi) is 4.25. The zero-order valence-corrected chi connectivity index (χ0v) is 19.1. The number of fused-ring (bicyclic) bond motifs is 6. The minimum absolute atomic E-state index is 0.271. The van der Waals surface area contributed by atoms with Crippen LogP contribution in [0.5, 0.6) is 0 Å². The number of hydrogen-bond acceptors (Lipinski definition) is 1. The zero-order valence-electron chi connectivity index (χ0n) is 19.1. The van der Waals surface area contributed by atoms with Gasteiger partial charge in [0.25, 0.3) is 0 Å². The molecule has 1 spiro atoms. The average Bonchev–Trinajstić information content (AvgIpc) is 3.34. The van der Waals surface area contributed by atoms with E-state index in [9.17, 15) is 0 Å². The Bertz CT molecular complexity index is 733. The topological polar surface area (TPSA) is 3.24 Å². The fourth-order valence-corrected chi connectivity index (χ4v) is 8.52. The van der Waals surface area contributed by atoms with Crippen molar-refractivity contribution >= 4 is 5.69 Å². The molecule has 0 radical (unpaired) electrons. The van der Waals surface area contributed by atoms with Crippen LogP contribution in [0.15, 0.2) is 18.2 Å². The van der Waals surface area contributed by atoms with Crippen molar-refractivity contribution < 1.29 is 0 Å². The molecule has 1 aromatic rings. The first-order valence-corrected chi connectivity index (χ1v) is 12.1. The maximum atomic E-state index is 2.89. The molecule has 1 saturated heterocycles. The van der Waals surface area contributed by atoms with Crippen molar-refractivity contribution in [2.45, 2.75) is 97.4 Å². The number of nitrogens with zero attached hydrogens (tertiary/aromatic N) is 1. The summed E-state index contributed by atoms with van der Waals surface area (Å²) in [5, 5.41) is 0.